The van der Waals surface area contributed by atoms with Gasteiger partial charge in [-0.1, -0.05) is 30.3 Å². The highest BCUT2D eigenvalue weighted by molar-refractivity contribution is 5.82. The lowest BCUT2D eigenvalue weighted by Gasteiger charge is -2.36. The number of hydrogen-bond donors (Lipinski definition) is 1. The average Bonchev–Trinajstić information content (AvgIpc) is 2.92. The zero-order valence-electron chi connectivity index (χ0n) is 14.1. The minimum Gasteiger partial charge on any atom is -0.453 e. The minimum absolute atomic E-state index is 0.00476. The van der Waals surface area contributed by atoms with Crippen LogP contribution in [-0.4, -0.2) is 61.1 Å². The molecule has 130 valence electrons. The van der Waals surface area contributed by atoms with Crippen LogP contribution < -0.4 is 5.32 Å². The molecular formula is C18H25N3O3. The first-order valence-corrected chi connectivity index (χ1v) is 8.53. The number of carbonyl (C=O) groups is 2. The Morgan fingerprint density at radius 2 is 1.96 bits per heavy atom. The van der Waals surface area contributed by atoms with Crippen molar-refractivity contribution in [2.45, 2.75) is 25.4 Å². The molecule has 24 heavy (non-hydrogen) atoms. The van der Waals surface area contributed by atoms with Crippen LogP contribution in [-0.2, 0) is 16.1 Å². The van der Waals surface area contributed by atoms with Crippen molar-refractivity contribution in [3.05, 3.63) is 35.9 Å². The first kappa shape index (κ1) is 16.8. The van der Waals surface area contributed by atoms with Crippen LogP contribution >= 0.6 is 0 Å². The third-order valence-electron chi connectivity index (χ3n) is 4.98. The van der Waals surface area contributed by atoms with E-state index in [1.54, 1.807) is 0 Å². The maximum absolute atomic E-state index is 12.4. The summed E-state index contributed by atoms with van der Waals surface area (Å²) in [5.41, 5.74) is 1.32. The second-order valence-electron chi connectivity index (χ2n) is 6.66. The molecule has 6 nitrogen and oxygen atoms in total. The number of methoxy groups -OCH3 is 1. The Balaban J connectivity index is 1.60. The lowest BCUT2D eigenvalue weighted by Crippen LogP contribution is -2.45. The van der Waals surface area contributed by atoms with E-state index < -0.39 is 6.09 Å². The second-order valence-corrected chi connectivity index (χ2v) is 6.66. The van der Waals surface area contributed by atoms with Gasteiger partial charge in [0.1, 0.15) is 6.54 Å². The van der Waals surface area contributed by atoms with Crippen LogP contribution in [0.1, 0.15) is 18.4 Å². The molecule has 0 radical (unpaired) electrons. The number of nitrogens with one attached hydrogen (secondary N) is 1. The highest BCUT2D eigenvalue weighted by Crippen LogP contribution is 2.29. The van der Waals surface area contributed by atoms with Crippen LogP contribution in [0.25, 0.3) is 0 Å². The van der Waals surface area contributed by atoms with E-state index in [1.807, 2.05) is 11.0 Å². The van der Waals surface area contributed by atoms with Crippen molar-refractivity contribution in [3.63, 3.8) is 0 Å². The normalized spacial score (nSPS) is 23.6. The van der Waals surface area contributed by atoms with E-state index in [4.69, 9.17) is 0 Å². The minimum atomic E-state index is -0.563. The molecule has 0 aromatic heterocycles. The number of rotatable bonds is 4. The molecule has 3 aliphatic heterocycles. The van der Waals surface area contributed by atoms with Gasteiger partial charge < -0.3 is 15.0 Å². The van der Waals surface area contributed by atoms with Crippen molar-refractivity contribution < 1.29 is 14.3 Å². The lowest BCUT2D eigenvalue weighted by molar-refractivity contribution is -0.130. The number of hydrogen-bond acceptors (Lipinski definition) is 4. The molecule has 1 aromatic carbocycles. The Kier molecular flexibility index (Phi) is 5.35. The van der Waals surface area contributed by atoms with Gasteiger partial charge in [0, 0.05) is 32.2 Å². The first-order valence-electron chi connectivity index (χ1n) is 8.53. The monoisotopic (exact) mass is 331 g/mol. The molecule has 2 amide bonds. The molecule has 3 fully saturated rings. The fraction of sp³-hybridized carbons (Fsp3) is 0.556. The summed E-state index contributed by atoms with van der Waals surface area (Å²) in [6.07, 6.45) is 1.74. The van der Waals surface area contributed by atoms with Crippen LogP contribution in [0.15, 0.2) is 30.3 Å². The predicted octanol–water partition coefficient (Wildman–Crippen LogP) is 1.47. The van der Waals surface area contributed by atoms with Crippen LogP contribution in [0.3, 0.4) is 0 Å². The van der Waals surface area contributed by atoms with Gasteiger partial charge in [0.25, 0.3) is 0 Å². The summed E-state index contributed by atoms with van der Waals surface area (Å²) in [5, 5.41) is 2.48. The number of amides is 2. The summed E-state index contributed by atoms with van der Waals surface area (Å²) in [6.45, 7) is 3.50. The number of benzene rings is 1. The molecule has 2 atom stereocenters. The Bertz CT molecular complexity index is 578. The number of piperidine rings is 1. The molecule has 3 aliphatic rings. The zero-order valence-corrected chi connectivity index (χ0v) is 14.1. The summed E-state index contributed by atoms with van der Waals surface area (Å²) >= 11 is 0. The Hall–Kier alpha value is -2.08. The maximum atomic E-state index is 12.4. The summed E-state index contributed by atoms with van der Waals surface area (Å²) < 4.78 is 4.52. The van der Waals surface area contributed by atoms with Crippen molar-refractivity contribution in [1.82, 2.24) is 15.1 Å². The SMILES string of the molecule is COC(=O)NCC(=O)N1C[C@H]2CC[C@@H](C1)N(Cc1ccccc1)C2. The van der Waals surface area contributed by atoms with Crippen LogP contribution in [0.2, 0.25) is 0 Å². The van der Waals surface area contributed by atoms with Crippen molar-refractivity contribution in [2.24, 2.45) is 5.92 Å². The van der Waals surface area contributed by atoms with E-state index >= 15 is 0 Å². The smallest absolute Gasteiger partial charge is 0.407 e. The van der Waals surface area contributed by atoms with Gasteiger partial charge in [0.15, 0.2) is 0 Å². The highest BCUT2D eigenvalue weighted by Gasteiger charge is 2.36. The maximum Gasteiger partial charge on any atom is 0.407 e. The Morgan fingerprint density at radius 1 is 1.17 bits per heavy atom. The molecule has 0 saturated carbocycles. The van der Waals surface area contributed by atoms with Crippen LogP contribution in [0, 0.1) is 5.92 Å². The number of ether oxygens (including phenoxy) is 1. The predicted molar refractivity (Wildman–Crippen MR) is 90.4 cm³/mol. The van der Waals surface area contributed by atoms with Gasteiger partial charge in [0.05, 0.1) is 7.11 Å². The Labute approximate surface area is 142 Å². The average molecular weight is 331 g/mol. The van der Waals surface area contributed by atoms with E-state index in [1.165, 1.54) is 19.1 Å². The molecule has 3 saturated heterocycles. The third kappa shape index (κ3) is 4.06. The Morgan fingerprint density at radius 3 is 2.71 bits per heavy atom. The molecule has 2 bridgehead atoms. The molecule has 1 aromatic rings. The van der Waals surface area contributed by atoms with Gasteiger partial charge in [-0.25, -0.2) is 4.79 Å². The van der Waals surface area contributed by atoms with Crippen LogP contribution in [0.4, 0.5) is 4.79 Å². The van der Waals surface area contributed by atoms with E-state index in [0.717, 1.165) is 32.6 Å². The molecule has 4 rings (SSSR count). The van der Waals surface area contributed by atoms with E-state index in [9.17, 15) is 9.59 Å². The van der Waals surface area contributed by atoms with E-state index in [2.05, 4.69) is 39.2 Å². The van der Waals surface area contributed by atoms with Crippen molar-refractivity contribution in [2.75, 3.05) is 33.3 Å². The molecule has 6 heteroatoms. The molecule has 0 spiro atoms. The van der Waals surface area contributed by atoms with Gasteiger partial charge >= 0.3 is 6.09 Å². The van der Waals surface area contributed by atoms with Crippen molar-refractivity contribution in [3.8, 4) is 0 Å². The molecular weight excluding hydrogens is 306 g/mol. The molecule has 0 aliphatic carbocycles. The highest BCUT2D eigenvalue weighted by atomic mass is 16.5. The molecule has 0 unspecified atom stereocenters. The quantitative estimate of drug-likeness (QED) is 0.907. The van der Waals surface area contributed by atoms with Gasteiger partial charge in [-0.3, -0.25) is 9.69 Å². The summed E-state index contributed by atoms with van der Waals surface area (Å²) in [7, 11) is 1.30. The third-order valence-corrected chi connectivity index (χ3v) is 4.98. The summed E-state index contributed by atoms with van der Waals surface area (Å²) in [6, 6.07) is 10.9. The van der Waals surface area contributed by atoms with E-state index in [0.29, 0.717) is 12.0 Å². The molecule has 1 N–H and O–H groups in total. The van der Waals surface area contributed by atoms with Gasteiger partial charge in [-0.15, -0.1) is 0 Å². The molecule has 3 heterocycles. The van der Waals surface area contributed by atoms with Crippen LogP contribution in [0.5, 0.6) is 0 Å². The number of nitrogens with zero attached hydrogens (tertiary/aromatic N) is 2. The summed E-state index contributed by atoms with van der Waals surface area (Å²) in [4.78, 5) is 28.0. The standard InChI is InChI=1S/C18H25N3O3/c1-24-18(23)19-9-17(22)21-12-15-7-8-16(13-21)20(11-15)10-14-5-3-2-4-6-14/h2-6,15-16H,7-13H2,1H3,(H,19,23)/t15-,16-/m0/s1. The fourth-order valence-corrected chi connectivity index (χ4v) is 3.73. The van der Waals surface area contributed by atoms with Crippen molar-refractivity contribution in [1.29, 1.82) is 0 Å². The van der Waals surface area contributed by atoms with Gasteiger partial charge in [0.2, 0.25) is 5.91 Å². The lowest BCUT2D eigenvalue weighted by atomic mass is 9.94. The number of carbonyl (C=O) groups excluding carboxylic acids is 2. The number of fused-ring (bicyclic) bond motifs is 4. The first-order chi connectivity index (χ1) is 11.7. The van der Waals surface area contributed by atoms with Crippen molar-refractivity contribution >= 4 is 12.0 Å². The largest absolute Gasteiger partial charge is 0.453 e. The zero-order chi connectivity index (χ0) is 16.9. The summed E-state index contributed by atoms with van der Waals surface area (Å²) in [5.74, 6) is 0.480. The second kappa shape index (κ2) is 7.66. The topological polar surface area (TPSA) is 61.9 Å². The fourth-order valence-electron chi connectivity index (χ4n) is 3.73. The number of alkyl carbamates (subject to hydrolysis) is 1. The van der Waals surface area contributed by atoms with Gasteiger partial charge in [-0.2, -0.15) is 0 Å². The van der Waals surface area contributed by atoms with Gasteiger partial charge in [-0.05, 0) is 24.3 Å². The van der Waals surface area contributed by atoms with E-state index in [-0.39, 0.29) is 12.5 Å².